The van der Waals surface area contributed by atoms with Gasteiger partial charge in [-0.15, -0.1) is 24.8 Å². The van der Waals surface area contributed by atoms with E-state index in [1.807, 2.05) is 11.9 Å². The molecule has 1 fully saturated rings. The Labute approximate surface area is 135 Å². The molecule has 3 atom stereocenters. The van der Waals surface area contributed by atoms with Crippen LogP contribution >= 0.6 is 24.8 Å². The molecule has 1 heterocycles. The largest absolute Gasteiger partial charge is 0.383 e. The Bertz CT molecular complexity index is 282. The van der Waals surface area contributed by atoms with Crippen molar-refractivity contribution in [3.05, 3.63) is 0 Å². The second kappa shape index (κ2) is 10.6. The van der Waals surface area contributed by atoms with Crippen LogP contribution in [0.3, 0.4) is 0 Å². The highest BCUT2D eigenvalue weighted by molar-refractivity contribution is 5.85. The number of likely N-dealkylation sites (N-methyl/N-ethyl adjacent to an activating group) is 1. The number of halogens is 2. The maximum absolute atomic E-state index is 12.1. The lowest BCUT2D eigenvalue weighted by Gasteiger charge is -2.41. The Hall–Kier alpha value is -0.0700. The van der Waals surface area contributed by atoms with E-state index in [0.717, 1.165) is 26.1 Å². The van der Waals surface area contributed by atoms with Crippen LogP contribution in [0.4, 0.5) is 0 Å². The van der Waals surface area contributed by atoms with Crippen LogP contribution in [-0.4, -0.2) is 68.2 Å². The number of amides is 1. The van der Waals surface area contributed by atoms with Crippen LogP contribution in [0.25, 0.3) is 0 Å². The molecule has 5 nitrogen and oxygen atoms in total. The minimum Gasteiger partial charge on any atom is -0.383 e. The molecule has 20 heavy (non-hydrogen) atoms. The monoisotopic (exact) mass is 329 g/mol. The molecule has 0 radical (unpaired) electrons. The van der Waals surface area contributed by atoms with Crippen molar-refractivity contribution in [3.8, 4) is 0 Å². The van der Waals surface area contributed by atoms with Gasteiger partial charge in [-0.1, -0.05) is 13.8 Å². The van der Waals surface area contributed by atoms with E-state index in [4.69, 9.17) is 10.5 Å². The van der Waals surface area contributed by atoms with Crippen molar-refractivity contribution in [3.63, 3.8) is 0 Å². The summed E-state index contributed by atoms with van der Waals surface area (Å²) < 4.78 is 4.94. The number of hydrogen-bond donors (Lipinski definition) is 1. The van der Waals surface area contributed by atoms with Crippen LogP contribution in [0, 0.1) is 5.92 Å². The van der Waals surface area contributed by atoms with Crippen molar-refractivity contribution >= 4 is 30.7 Å². The number of methoxy groups -OCH3 is 1. The fraction of sp³-hybridized carbons (Fsp3) is 0.923. The molecule has 7 heteroatoms. The maximum atomic E-state index is 12.1. The summed E-state index contributed by atoms with van der Waals surface area (Å²) in [6, 6.07) is -0.250. The molecule has 3 unspecified atom stereocenters. The fourth-order valence-electron chi connectivity index (χ4n) is 2.76. The summed E-state index contributed by atoms with van der Waals surface area (Å²) in [6.07, 6.45) is 1.02. The molecule has 1 amide bonds. The maximum Gasteiger partial charge on any atom is 0.241 e. The van der Waals surface area contributed by atoms with Crippen molar-refractivity contribution in [2.45, 2.75) is 32.4 Å². The highest BCUT2D eigenvalue weighted by Gasteiger charge is 2.32. The number of hydrogen-bond acceptors (Lipinski definition) is 4. The number of rotatable bonds is 5. The SMILES string of the molecule is CCN1CCC(N(C)C(=O)C(N)COC)C(C)C1.Cl.Cl. The van der Waals surface area contributed by atoms with Gasteiger partial charge in [0.25, 0.3) is 0 Å². The van der Waals surface area contributed by atoms with E-state index in [1.54, 1.807) is 7.11 Å². The average Bonchev–Trinajstić information content (AvgIpc) is 2.37. The van der Waals surface area contributed by atoms with Crippen LogP contribution in [-0.2, 0) is 9.53 Å². The number of nitrogens with two attached hydrogens (primary N) is 1. The van der Waals surface area contributed by atoms with Gasteiger partial charge in [-0.3, -0.25) is 4.79 Å². The zero-order chi connectivity index (χ0) is 13.7. The number of likely N-dealkylation sites (tertiary alicyclic amines) is 1. The molecule has 0 spiro atoms. The van der Waals surface area contributed by atoms with E-state index in [9.17, 15) is 4.79 Å². The molecule has 0 bridgehead atoms. The summed E-state index contributed by atoms with van der Waals surface area (Å²) in [4.78, 5) is 16.4. The van der Waals surface area contributed by atoms with Gasteiger partial charge in [0.2, 0.25) is 5.91 Å². The summed E-state index contributed by atoms with van der Waals surface area (Å²) in [5.41, 5.74) is 5.81. The second-order valence-corrected chi connectivity index (χ2v) is 5.24. The first kappa shape index (κ1) is 22.2. The number of carbonyl (C=O) groups excluding carboxylic acids is 1. The fourth-order valence-corrected chi connectivity index (χ4v) is 2.76. The Morgan fingerprint density at radius 1 is 1.50 bits per heavy atom. The molecule has 1 saturated heterocycles. The van der Waals surface area contributed by atoms with Gasteiger partial charge < -0.3 is 20.3 Å². The third kappa shape index (κ3) is 5.74. The summed E-state index contributed by atoms with van der Waals surface area (Å²) in [7, 11) is 3.43. The normalized spacial score (nSPS) is 24.2. The molecule has 1 aliphatic rings. The minimum absolute atomic E-state index is 0. The van der Waals surface area contributed by atoms with Crippen LogP contribution in [0.2, 0.25) is 0 Å². The second-order valence-electron chi connectivity index (χ2n) is 5.24. The quantitative estimate of drug-likeness (QED) is 0.817. The third-order valence-electron chi connectivity index (χ3n) is 3.90. The molecule has 2 N–H and O–H groups in total. The van der Waals surface area contributed by atoms with Gasteiger partial charge in [0.05, 0.1) is 6.61 Å². The summed E-state index contributed by atoms with van der Waals surface area (Å²) >= 11 is 0. The zero-order valence-corrected chi connectivity index (χ0v) is 14.5. The van der Waals surface area contributed by atoms with Gasteiger partial charge in [0.1, 0.15) is 6.04 Å². The third-order valence-corrected chi connectivity index (χ3v) is 3.90. The molecular formula is C13H29Cl2N3O2. The van der Waals surface area contributed by atoms with Crippen LogP contribution in [0.15, 0.2) is 0 Å². The van der Waals surface area contributed by atoms with Gasteiger partial charge in [0, 0.05) is 33.3 Å². The van der Waals surface area contributed by atoms with Crippen molar-refractivity contribution in [1.82, 2.24) is 9.80 Å². The van der Waals surface area contributed by atoms with E-state index in [2.05, 4.69) is 18.7 Å². The lowest BCUT2D eigenvalue weighted by atomic mass is 9.92. The average molecular weight is 330 g/mol. The highest BCUT2D eigenvalue weighted by atomic mass is 35.5. The molecule has 122 valence electrons. The van der Waals surface area contributed by atoms with Crippen molar-refractivity contribution in [2.75, 3.05) is 40.4 Å². The van der Waals surface area contributed by atoms with Crippen LogP contribution in [0.5, 0.6) is 0 Å². The predicted molar refractivity (Wildman–Crippen MR) is 86.8 cm³/mol. The Morgan fingerprint density at radius 3 is 2.55 bits per heavy atom. The minimum atomic E-state index is -0.545. The molecular weight excluding hydrogens is 301 g/mol. The summed E-state index contributed by atoms with van der Waals surface area (Å²) in [5, 5.41) is 0. The van der Waals surface area contributed by atoms with E-state index < -0.39 is 6.04 Å². The van der Waals surface area contributed by atoms with Gasteiger partial charge >= 0.3 is 0 Å². The number of carbonyl (C=O) groups is 1. The molecule has 1 aliphatic heterocycles. The van der Waals surface area contributed by atoms with Crippen LogP contribution < -0.4 is 5.73 Å². The van der Waals surface area contributed by atoms with E-state index >= 15 is 0 Å². The first-order chi connectivity index (χ1) is 8.51. The van der Waals surface area contributed by atoms with Crippen LogP contribution in [0.1, 0.15) is 20.3 Å². The van der Waals surface area contributed by atoms with Gasteiger partial charge in [-0.2, -0.15) is 0 Å². The topological polar surface area (TPSA) is 58.8 Å². The standard InChI is InChI=1S/C13H27N3O2.2ClH/c1-5-16-7-6-12(10(2)8-16)15(3)13(17)11(14)9-18-4;;/h10-12H,5-9,14H2,1-4H3;2*1H. The number of piperidine rings is 1. The lowest BCUT2D eigenvalue weighted by molar-refractivity contribution is -0.136. The summed E-state index contributed by atoms with van der Waals surface area (Å²) in [5.74, 6) is 0.473. The first-order valence-electron chi connectivity index (χ1n) is 6.74. The van der Waals surface area contributed by atoms with Gasteiger partial charge in [-0.25, -0.2) is 0 Å². The van der Waals surface area contributed by atoms with E-state index in [1.165, 1.54) is 0 Å². The Balaban J connectivity index is 0. The smallest absolute Gasteiger partial charge is 0.241 e. The van der Waals surface area contributed by atoms with Crippen molar-refractivity contribution < 1.29 is 9.53 Å². The molecule has 0 aromatic heterocycles. The molecule has 0 aromatic carbocycles. The molecule has 0 aliphatic carbocycles. The zero-order valence-electron chi connectivity index (χ0n) is 12.9. The Kier molecular flexibility index (Phi) is 11.8. The molecule has 1 rings (SSSR count). The number of ether oxygens (including phenoxy) is 1. The lowest BCUT2D eigenvalue weighted by Crippen LogP contribution is -2.54. The highest BCUT2D eigenvalue weighted by Crippen LogP contribution is 2.21. The van der Waals surface area contributed by atoms with Gasteiger partial charge in [-0.05, 0) is 18.9 Å². The first-order valence-corrected chi connectivity index (χ1v) is 6.74. The molecule has 0 saturated carbocycles. The van der Waals surface area contributed by atoms with E-state index in [0.29, 0.717) is 12.0 Å². The predicted octanol–water partition coefficient (Wildman–Crippen LogP) is 0.992. The molecule has 0 aromatic rings. The van der Waals surface area contributed by atoms with Crippen molar-refractivity contribution in [1.29, 1.82) is 0 Å². The summed E-state index contributed by atoms with van der Waals surface area (Å²) in [6.45, 7) is 7.86. The van der Waals surface area contributed by atoms with Crippen molar-refractivity contribution in [2.24, 2.45) is 11.7 Å². The number of nitrogens with zero attached hydrogens (tertiary/aromatic N) is 2. The van der Waals surface area contributed by atoms with Gasteiger partial charge in [0.15, 0.2) is 0 Å². The van der Waals surface area contributed by atoms with E-state index in [-0.39, 0.29) is 37.3 Å². The Morgan fingerprint density at radius 2 is 2.10 bits per heavy atom.